The van der Waals surface area contributed by atoms with Crippen molar-refractivity contribution in [1.29, 1.82) is 0 Å². The summed E-state index contributed by atoms with van der Waals surface area (Å²) in [5, 5.41) is 3.44. The predicted molar refractivity (Wildman–Crippen MR) is 98.8 cm³/mol. The molecule has 0 spiro atoms. The summed E-state index contributed by atoms with van der Waals surface area (Å²) >= 11 is 0. The predicted octanol–water partition coefficient (Wildman–Crippen LogP) is 0.543. The highest BCUT2D eigenvalue weighted by Gasteiger charge is 2.34. The van der Waals surface area contributed by atoms with Gasteiger partial charge in [-0.3, -0.25) is 0 Å². The van der Waals surface area contributed by atoms with Gasteiger partial charge >= 0.3 is 0 Å². The fourth-order valence-electron chi connectivity index (χ4n) is 3.28. The summed E-state index contributed by atoms with van der Waals surface area (Å²) in [5.41, 5.74) is 0. The summed E-state index contributed by atoms with van der Waals surface area (Å²) in [7, 11) is -7.14. The van der Waals surface area contributed by atoms with Crippen LogP contribution in [-0.2, 0) is 20.0 Å². The zero-order valence-electron chi connectivity index (χ0n) is 13.8. The maximum Gasteiger partial charge on any atom is 0.240 e. The fourth-order valence-corrected chi connectivity index (χ4v) is 5.87. The van der Waals surface area contributed by atoms with E-state index >= 15 is 0 Å². The van der Waals surface area contributed by atoms with Gasteiger partial charge in [0.15, 0.2) is 0 Å². The van der Waals surface area contributed by atoms with Crippen molar-refractivity contribution in [3.8, 4) is 0 Å². The summed E-state index contributed by atoms with van der Waals surface area (Å²) < 4.78 is 53.1. The lowest BCUT2D eigenvalue weighted by molar-refractivity contribution is 0.383. The monoisotopic (exact) mass is 409 g/mol. The molecule has 1 aromatic rings. The van der Waals surface area contributed by atoms with E-state index in [4.69, 9.17) is 0 Å². The zero-order chi connectivity index (χ0) is 17.2. The van der Waals surface area contributed by atoms with E-state index in [0.29, 0.717) is 19.1 Å². The summed E-state index contributed by atoms with van der Waals surface area (Å²) in [5.74, 6) is -0.226. The highest BCUT2D eigenvalue weighted by molar-refractivity contribution is 7.90. The lowest BCUT2D eigenvalue weighted by Gasteiger charge is -2.23. The van der Waals surface area contributed by atoms with Gasteiger partial charge in [0.2, 0.25) is 20.0 Å². The van der Waals surface area contributed by atoms with Crippen LogP contribution in [0, 0.1) is 0 Å². The molecule has 0 amide bonds. The molecule has 2 saturated heterocycles. The van der Waals surface area contributed by atoms with Crippen LogP contribution in [0.3, 0.4) is 0 Å². The Bertz CT molecular complexity index is 771. The normalized spacial score (nSPS) is 24.5. The molecule has 2 heterocycles. The first-order chi connectivity index (χ1) is 11.4. The van der Waals surface area contributed by atoms with Crippen molar-refractivity contribution in [2.45, 2.75) is 36.2 Å². The van der Waals surface area contributed by atoms with Crippen LogP contribution in [0.1, 0.15) is 19.3 Å². The maximum absolute atomic E-state index is 12.5. The quantitative estimate of drug-likeness (QED) is 0.715. The minimum Gasteiger partial charge on any atom is -0.310 e. The van der Waals surface area contributed by atoms with Gasteiger partial charge in [0.05, 0.1) is 10.6 Å². The van der Waals surface area contributed by atoms with Gasteiger partial charge in [0.1, 0.15) is 0 Å². The Morgan fingerprint density at radius 1 is 1.04 bits per heavy atom. The molecule has 3 rings (SSSR count). The van der Waals surface area contributed by atoms with Crippen molar-refractivity contribution in [3.05, 3.63) is 30.3 Å². The zero-order valence-corrected chi connectivity index (χ0v) is 16.2. The molecule has 0 radical (unpaired) electrons. The van der Waals surface area contributed by atoms with Crippen molar-refractivity contribution >= 4 is 32.5 Å². The van der Waals surface area contributed by atoms with Gasteiger partial charge in [-0.2, -0.15) is 0 Å². The molecule has 2 bridgehead atoms. The molecule has 142 valence electrons. The summed E-state index contributed by atoms with van der Waals surface area (Å²) in [6.45, 7) is 0.851. The molecule has 25 heavy (non-hydrogen) atoms. The van der Waals surface area contributed by atoms with Crippen LogP contribution in [0.5, 0.6) is 0 Å². The van der Waals surface area contributed by atoms with Gasteiger partial charge in [0, 0.05) is 31.7 Å². The Morgan fingerprint density at radius 3 is 2.44 bits per heavy atom. The Balaban J connectivity index is 0.00000225. The van der Waals surface area contributed by atoms with Gasteiger partial charge in [-0.1, -0.05) is 18.2 Å². The summed E-state index contributed by atoms with van der Waals surface area (Å²) in [6, 6.07) is 8.57. The third-order valence-electron chi connectivity index (χ3n) is 4.58. The van der Waals surface area contributed by atoms with Gasteiger partial charge in [-0.15, -0.1) is 12.4 Å². The highest BCUT2D eigenvalue weighted by Crippen LogP contribution is 2.22. The molecule has 1 aromatic carbocycles. The van der Waals surface area contributed by atoms with E-state index in [2.05, 4.69) is 10.0 Å². The Hall–Kier alpha value is -0.710. The molecular formula is C15H24ClN3O4S2. The maximum atomic E-state index is 12.5. The lowest BCUT2D eigenvalue weighted by Crippen LogP contribution is -2.42. The first-order valence-corrected chi connectivity index (χ1v) is 11.2. The van der Waals surface area contributed by atoms with Crippen LogP contribution in [0.2, 0.25) is 0 Å². The van der Waals surface area contributed by atoms with Crippen molar-refractivity contribution in [2.24, 2.45) is 0 Å². The van der Waals surface area contributed by atoms with E-state index in [1.807, 2.05) is 0 Å². The summed E-state index contributed by atoms with van der Waals surface area (Å²) in [6.07, 6.45) is 2.91. The number of fused-ring (bicyclic) bond motifs is 2. The standard InChI is InChI=1S/C15H23N3O4S2.ClH/c19-23(20,18-10-8-13-6-7-14(12-18)17-13)11-9-16-24(21,22)15-4-2-1-3-5-15;/h1-5,13-14,16-17H,6-12H2;1H. The largest absolute Gasteiger partial charge is 0.310 e. The third kappa shape index (κ3) is 5.15. The minimum atomic E-state index is -3.67. The number of hydrogen-bond donors (Lipinski definition) is 2. The van der Waals surface area contributed by atoms with Gasteiger partial charge < -0.3 is 5.32 Å². The minimum absolute atomic E-state index is 0. The first kappa shape index (κ1) is 20.6. The van der Waals surface area contributed by atoms with Gasteiger partial charge in [-0.05, 0) is 31.4 Å². The number of benzene rings is 1. The topological polar surface area (TPSA) is 95.6 Å². The molecule has 0 saturated carbocycles. The summed E-state index contributed by atoms with van der Waals surface area (Å²) in [4.78, 5) is 0.138. The Labute approximate surface area is 155 Å². The van der Waals surface area contributed by atoms with Crippen LogP contribution in [0.25, 0.3) is 0 Å². The van der Waals surface area contributed by atoms with E-state index in [1.165, 1.54) is 16.4 Å². The van der Waals surface area contributed by atoms with Crippen LogP contribution in [0.15, 0.2) is 35.2 Å². The van der Waals surface area contributed by atoms with Crippen molar-refractivity contribution in [3.63, 3.8) is 0 Å². The second-order valence-corrected chi connectivity index (χ2v) is 10.2. The van der Waals surface area contributed by atoms with Gasteiger partial charge in [-0.25, -0.2) is 25.9 Å². The van der Waals surface area contributed by atoms with Crippen molar-refractivity contribution in [2.75, 3.05) is 25.4 Å². The average Bonchev–Trinajstić information content (AvgIpc) is 2.86. The molecular weight excluding hydrogens is 386 g/mol. The lowest BCUT2D eigenvalue weighted by atomic mass is 10.1. The van der Waals surface area contributed by atoms with E-state index < -0.39 is 20.0 Å². The molecule has 7 nitrogen and oxygen atoms in total. The molecule has 0 aliphatic carbocycles. The Morgan fingerprint density at radius 2 is 1.72 bits per heavy atom. The number of sulfonamides is 2. The number of hydrogen-bond acceptors (Lipinski definition) is 5. The second-order valence-electron chi connectivity index (χ2n) is 6.31. The molecule has 2 N–H and O–H groups in total. The van der Waals surface area contributed by atoms with E-state index in [-0.39, 0.29) is 35.6 Å². The number of nitrogens with one attached hydrogen (secondary N) is 2. The molecule has 2 atom stereocenters. The molecule has 2 fully saturated rings. The van der Waals surface area contributed by atoms with E-state index in [0.717, 1.165) is 19.3 Å². The smallest absolute Gasteiger partial charge is 0.240 e. The van der Waals surface area contributed by atoms with Crippen molar-refractivity contribution < 1.29 is 16.8 Å². The van der Waals surface area contributed by atoms with Gasteiger partial charge in [0.25, 0.3) is 0 Å². The SMILES string of the molecule is Cl.O=S(=O)(NCCS(=O)(=O)N1CCC2CCC(C1)N2)c1ccccc1. The van der Waals surface area contributed by atoms with Crippen LogP contribution >= 0.6 is 12.4 Å². The number of nitrogens with zero attached hydrogens (tertiary/aromatic N) is 1. The second kappa shape index (κ2) is 8.32. The third-order valence-corrected chi connectivity index (χ3v) is 7.90. The fraction of sp³-hybridized carbons (Fsp3) is 0.600. The van der Waals surface area contributed by atoms with Crippen LogP contribution in [0.4, 0.5) is 0 Å². The molecule has 2 unspecified atom stereocenters. The van der Waals surface area contributed by atoms with Crippen LogP contribution < -0.4 is 10.0 Å². The molecule has 0 aromatic heterocycles. The molecule has 10 heteroatoms. The van der Waals surface area contributed by atoms with E-state index in [1.54, 1.807) is 18.2 Å². The molecule has 2 aliphatic rings. The first-order valence-electron chi connectivity index (χ1n) is 8.15. The van der Waals surface area contributed by atoms with E-state index in [9.17, 15) is 16.8 Å². The van der Waals surface area contributed by atoms with Crippen molar-refractivity contribution in [1.82, 2.24) is 14.3 Å². The van der Waals surface area contributed by atoms with Crippen LogP contribution in [-0.4, -0.2) is 58.6 Å². The number of rotatable bonds is 6. The average molecular weight is 410 g/mol. The molecule has 2 aliphatic heterocycles. The Kier molecular flexibility index (Phi) is 6.86. The highest BCUT2D eigenvalue weighted by atomic mass is 35.5. The number of halogens is 1.